The SMILES string of the molecule is CN(Cc1cnc(N)nc1)C[C@@H]1CCCCN1C. The Bertz CT molecular complexity index is 364. The smallest absolute Gasteiger partial charge is 0.219 e. The number of aromatic nitrogens is 2. The summed E-state index contributed by atoms with van der Waals surface area (Å²) < 4.78 is 0. The number of nitrogens with two attached hydrogens (primary N) is 1. The van der Waals surface area contributed by atoms with Crippen LogP contribution in [-0.2, 0) is 6.54 Å². The summed E-state index contributed by atoms with van der Waals surface area (Å²) in [6.45, 7) is 3.20. The molecular formula is C13H23N5. The van der Waals surface area contributed by atoms with Gasteiger partial charge in [-0.15, -0.1) is 0 Å². The molecular weight excluding hydrogens is 226 g/mol. The Morgan fingerprint density at radius 3 is 2.78 bits per heavy atom. The molecule has 0 aromatic carbocycles. The molecule has 1 aliphatic heterocycles. The Kier molecular flexibility index (Phi) is 4.49. The lowest BCUT2D eigenvalue weighted by molar-refractivity contribution is 0.138. The number of piperidine rings is 1. The molecule has 1 fully saturated rings. The lowest BCUT2D eigenvalue weighted by atomic mass is 10.0. The molecule has 1 aliphatic rings. The molecule has 5 nitrogen and oxygen atoms in total. The van der Waals surface area contributed by atoms with E-state index < -0.39 is 0 Å². The number of nitrogens with zero attached hydrogens (tertiary/aromatic N) is 4. The van der Waals surface area contributed by atoms with Crippen LogP contribution in [0.25, 0.3) is 0 Å². The minimum absolute atomic E-state index is 0.341. The van der Waals surface area contributed by atoms with Crippen molar-refractivity contribution in [2.75, 3.05) is 32.9 Å². The topological polar surface area (TPSA) is 58.3 Å². The second-order valence-electron chi connectivity index (χ2n) is 5.28. The Balaban J connectivity index is 1.84. The van der Waals surface area contributed by atoms with Gasteiger partial charge in [0.05, 0.1) is 0 Å². The highest BCUT2D eigenvalue weighted by Gasteiger charge is 2.20. The van der Waals surface area contributed by atoms with Crippen molar-refractivity contribution in [1.82, 2.24) is 19.8 Å². The molecule has 18 heavy (non-hydrogen) atoms. The van der Waals surface area contributed by atoms with Crippen LogP contribution in [0.3, 0.4) is 0 Å². The van der Waals surface area contributed by atoms with Gasteiger partial charge in [0.2, 0.25) is 5.95 Å². The van der Waals surface area contributed by atoms with E-state index in [9.17, 15) is 0 Å². The third-order valence-electron chi connectivity index (χ3n) is 3.62. The van der Waals surface area contributed by atoms with Gasteiger partial charge in [-0.1, -0.05) is 6.42 Å². The van der Waals surface area contributed by atoms with Crippen molar-refractivity contribution >= 4 is 5.95 Å². The van der Waals surface area contributed by atoms with Crippen molar-refractivity contribution in [2.24, 2.45) is 0 Å². The van der Waals surface area contributed by atoms with E-state index in [-0.39, 0.29) is 0 Å². The molecule has 0 unspecified atom stereocenters. The maximum absolute atomic E-state index is 5.48. The van der Waals surface area contributed by atoms with Crippen molar-refractivity contribution in [3.63, 3.8) is 0 Å². The molecule has 100 valence electrons. The summed E-state index contributed by atoms with van der Waals surface area (Å²) in [5.74, 6) is 0.341. The molecule has 1 atom stereocenters. The van der Waals surface area contributed by atoms with Crippen molar-refractivity contribution < 1.29 is 0 Å². The highest BCUT2D eigenvalue weighted by molar-refractivity contribution is 5.16. The highest BCUT2D eigenvalue weighted by atomic mass is 15.2. The van der Waals surface area contributed by atoms with Gasteiger partial charge in [-0.3, -0.25) is 0 Å². The molecule has 0 bridgehead atoms. The lowest BCUT2D eigenvalue weighted by Crippen LogP contribution is -2.43. The van der Waals surface area contributed by atoms with Gasteiger partial charge in [-0.05, 0) is 33.5 Å². The van der Waals surface area contributed by atoms with E-state index in [2.05, 4.69) is 33.9 Å². The van der Waals surface area contributed by atoms with Crippen molar-refractivity contribution in [2.45, 2.75) is 31.8 Å². The molecule has 1 aromatic heterocycles. The molecule has 1 saturated heterocycles. The fourth-order valence-corrected chi connectivity index (χ4v) is 2.56. The summed E-state index contributed by atoms with van der Waals surface area (Å²) in [5.41, 5.74) is 6.60. The zero-order chi connectivity index (χ0) is 13.0. The first-order valence-electron chi connectivity index (χ1n) is 6.60. The van der Waals surface area contributed by atoms with Crippen LogP contribution in [-0.4, -0.2) is 53.0 Å². The van der Waals surface area contributed by atoms with Crippen molar-refractivity contribution in [3.8, 4) is 0 Å². The van der Waals surface area contributed by atoms with Crippen LogP contribution in [0.15, 0.2) is 12.4 Å². The molecule has 5 heteroatoms. The van der Waals surface area contributed by atoms with E-state index in [1.807, 2.05) is 12.4 Å². The minimum Gasteiger partial charge on any atom is -0.368 e. The average molecular weight is 249 g/mol. The Morgan fingerprint density at radius 2 is 2.11 bits per heavy atom. The average Bonchev–Trinajstić information content (AvgIpc) is 2.35. The first-order chi connectivity index (χ1) is 8.65. The molecule has 2 N–H and O–H groups in total. The minimum atomic E-state index is 0.341. The summed E-state index contributed by atoms with van der Waals surface area (Å²) in [7, 11) is 4.38. The molecule has 2 heterocycles. The van der Waals surface area contributed by atoms with E-state index >= 15 is 0 Å². The van der Waals surface area contributed by atoms with Crippen LogP contribution in [0.1, 0.15) is 24.8 Å². The third kappa shape index (κ3) is 3.65. The summed E-state index contributed by atoms with van der Waals surface area (Å²) >= 11 is 0. The molecule has 1 aromatic rings. The van der Waals surface area contributed by atoms with Gasteiger partial charge in [0.15, 0.2) is 0 Å². The molecule has 0 saturated carbocycles. The highest BCUT2D eigenvalue weighted by Crippen LogP contribution is 2.16. The Labute approximate surface area is 109 Å². The zero-order valence-corrected chi connectivity index (χ0v) is 11.3. The number of rotatable bonds is 4. The van der Waals surface area contributed by atoms with Crippen molar-refractivity contribution in [1.29, 1.82) is 0 Å². The monoisotopic (exact) mass is 249 g/mol. The van der Waals surface area contributed by atoms with E-state index in [0.717, 1.165) is 18.7 Å². The maximum atomic E-state index is 5.48. The van der Waals surface area contributed by atoms with Gasteiger partial charge < -0.3 is 15.5 Å². The van der Waals surface area contributed by atoms with Gasteiger partial charge >= 0.3 is 0 Å². The van der Waals surface area contributed by atoms with Gasteiger partial charge in [-0.2, -0.15) is 0 Å². The van der Waals surface area contributed by atoms with Crippen LogP contribution in [0.4, 0.5) is 5.95 Å². The Hall–Kier alpha value is -1.20. The molecule has 0 spiro atoms. The predicted molar refractivity (Wildman–Crippen MR) is 73.0 cm³/mol. The van der Waals surface area contributed by atoms with Gasteiger partial charge in [0, 0.05) is 37.1 Å². The van der Waals surface area contributed by atoms with E-state index in [4.69, 9.17) is 5.73 Å². The quantitative estimate of drug-likeness (QED) is 0.862. The van der Waals surface area contributed by atoms with Crippen LogP contribution in [0.5, 0.6) is 0 Å². The summed E-state index contributed by atoms with van der Waals surface area (Å²) in [4.78, 5) is 12.9. The number of likely N-dealkylation sites (N-methyl/N-ethyl adjacent to an activating group) is 2. The molecule has 0 amide bonds. The normalized spacial score (nSPS) is 21.4. The maximum Gasteiger partial charge on any atom is 0.219 e. The van der Waals surface area contributed by atoms with Crippen molar-refractivity contribution in [3.05, 3.63) is 18.0 Å². The molecule has 2 rings (SSSR count). The fourth-order valence-electron chi connectivity index (χ4n) is 2.56. The fraction of sp³-hybridized carbons (Fsp3) is 0.692. The number of hydrogen-bond acceptors (Lipinski definition) is 5. The van der Waals surface area contributed by atoms with Gasteiger partial charge in [-0.25, -0.2) is 9.97 Å². The van der Waals surface area contributed by atoms with Crippen LogP contribution >= 0.6 is 0 Å². The van der Waals surface area contributed by atoms with Crippen LogP contribution in [0, 0.1) is 0 Å². The predicted octanol–water partition coefficient (Wildman–Crippen LogP) is 0.975. The van der Waals surface area contributed by atoms with Gasteiger partial charge in [0.25, 0.3) is 0 Å². The first kappa shape index (κ1) is 13.2. The number of anilines is 1. The summed E-state index contributed by atoms with van der Waals surface area (Å²) in [6, 6.07) is 0.679. The largest absolute Gasteiger partial charge is 0.368 e. The van der Waals surface area contributed by atoms with E-state index in [1.54, 1.807) is 0 Å². The zero-order valence-electron chi connectivity index (χ0n) is 11.3. The van der Waals surface area contributed by atoms with E-state index in [1.165, 1.54) is 25.8 Å². The summed E-state index contributed by atoms with van der Waals surface area (Å²) in [6.07, 6.45) is 7.61. The third-order valence-corrected chi connectivity index (χ3v) is 3.62. The van der Waals surface area contributed by atoms with Gasteiger partial charge in [0.1, 0.15) is 0 Å². The lowest BCUT2D eigenvalue weighted by Gasteiger charge is -2.35. The van der Waals surface area contributed by atoms with Crippen LogP contribution < -0.4 is 5.73 Å². The Morgan fingerprint density at radius 1 is 1.39 bits per heavy atom. The number of likely N-dealkylation sites (tertiary alicyclic amines) is 1. The number of nitrogen functional groups attached to an aromatic ring is 1. The second-order valence-corrected chi connectivity index (χ2v) is 5.28. The second kappa shape index (κ2) is 6.11. The molecule has 0 radical (unpaired) electrons. The number of hydrogen-bond donors (Lipinski definition) is 1. The summed E-state index contributed by atoms with van der Waals surface area (Å²) in [5, 5.41) is 0. The molecule has 0 aliphatic carbocycles. The van der Waals surface area contributed by atoms with Crippen LogP contribution in [0.2, 0.25) is 0 Å². The van der Waals surface area contributed by atoms with E-state index in [0.29, 0.717) is 12.0 Å². The standard InChI is InChI=1S/C13H23N5/c1-17(9-11-7-15-13(14)16-8-11)10-12-5-3-4-6-18(12)2/h7-8,12H,3-6,9-10H2,1-2H3,(H2,14,15,16)/t12-/m0/s1. The first-order valence-corrected chi connectivity index (χ1v) is 6.60.